The van der Waals surface area contributed by atoms with Gasteiger partial charge in [-0.3, -0.25) is 4.79 Å². The monoisotopic (exact) mass is 248 g/mol. The average molecular weight is 248 g/mol. The summed E-state index contributed by atoms with van der Waals surface area (Å²) < 4.78 is 49.4. The summed E-state index contributed by atoms with van der Waals surface area (Å²) in [7, 11) is 0. The van der Waals surface area contributed by atoms with Gasteiger partial charge in [-0.25, -0.2) is 0 Å². The van der Waals surface area contributed by atoms with Gasteiger partial charge in [0, 0.05) is 11.8 Å². The molecule has 0 aromatic heterocycles. The molecule has 1 saturated heterocycles. The van der Waals surface area contributed by atoms with Gasteiger partial charge in [0.1, 0.15) is 12.2 Å². The molecule has 3 nitrogen and oxygen atoms in total. The Hall–Kier alpha value is -1.20. The molecule has 6 heteroatoms. The largest absolute Gasteiger partial charge is 0.494 e. The molecule has 0 N–H and O–H groups in total. The maximum absolute atomic E-state index is 13.1. The topological polar surface area (TPSA) is 35.5 Å². The summed E-state index contributed by atoms with van der Waals surface area (Å²) in [5.74, 6) is -2.18. The highest BCUT2D eigenvalue weighted by Gasteiger charge is 2.80. The predicted octanol–water partition coefficient (Wildman–Crippen LogP) is 2.03. The molecule has 1 heterocycles. The Kier molecular flexibility index (Phi) is 1.91. The third-order valence-electron chi connectivity index (χ3n) is 4.33. The molecule has 0 aromatic rings. The van der Waals surface area contributed by atoms with E-state index in [1.165, 1.54) is 6.26 Å². The van der Waals surface area contributed by atoms with E-state index in [-0.39, 0.29) is 12.3 Å². The first-order chi connectivity index (χ1) is 7.91. The average Bonchev–Trinajstić information content (AvgIpc) is 2.79. The van der Waals surface area contributed by atoms with E-state index in [1.54, 1.807) is 0 Å². The van der Waals surface area contributed by atoms with E-state index in [9.17, 15) is 18.0 Å². The molecule has 2 saturated carbocycles. The zero-order valence-electron chi connectivity index (χ0n) is 8.87. The Balaban J connectivity index is 2.00. The summed E-state index contributed by atoms with van der Waals surface area (Å²) in [6.45, 7) is 3.39. The number of ether oxygens (including phenoxy) is 2. The van der Waals surface area contributed by atoms with Crippen molar-refractivity contribution in [2.24, 2.45) is 17.3 Å². The maximum atomic E-state index is 13.1. The molecule has 0 spiro atoms. The van der Waals surface area contributed by atoms with Gasteiger partial charge >= 0.3 is 12.1 Å². The summed E-state index contributed by atoms with van der Waals surface area (Å²) >= 11 is 0. The van der Waals surface area contributed by atoms with Crippen molar-refractivity contribution in [1.82, 2.24) is 0 Å². The van der Waals surface area contributed by atoms with Gasteiger partial charge in [0.05, 0.1) is 6.26 Å². The standard InChI is InChI=1S/C11H11F3O3/c1-2-16-7-5-3-6-8(7)17-9(15)10(6,4-5)11(12,13)14/h2,5-8H,1,3-4H2/t5-,6-,7?,8-,10+/m0/s1. The highest BCUT2D eigenvalue weighted by molar-refractivity contribution is 5.82. The number of alkyl halides is 3. The van der Waals surface area contributed by atoms with Crippen molar-refractivity contribution < 1.29 is 27.4 Å². The smallest absolute Gasteiger partial charge is 0.405 e. The van der Waals surface area contributed by atoms with E-state index in [0.717, 1.165) is 0 Å². The normalized spacial score (nSPS) is 47.1. The lowest BCUT2D eigenvalue weighted by Gasteiger charge is -2.32. The van der Waals surface area contributed by atoms with Crippen molar-refractivity contribution >= 4 is 5.97 Å². The van der Waals surface area contributed by atoms with Crippen LogP contribution in [0.3, 0.4) is 0 Å². The molecule has 2 aliphatic carbocycles. The molecule has 3 rings (SSSR count). The van der Waals surface area contributed by atoms with Crippen molar-refractivity contribution in [2.45, 2.75) is 31.2 Å². The van der Waals surface area contributed by atoms with Gasteiger partial charge in [0.15, 0.2) is 5.41 Å². The molecule has 2 bridgehead atoms. The molecule has 1 aliphatic heterocycles. The van der Waals surface area contributed by atoms with Crippen LogP contribution < -0.4 is 0 Å². The van der Waals surface area contributed by atoms with Crippen LogP contribution in [0.1, 0.15) is 12.8 Å². The van der Waals surface area contributed by atoms with Crippen LogP contribution in [0.2, 0.25) is 0 Å². The molecule has 0 aromatic carbocycles. The summed E-state index contributed by atoms with van der Waals surface area (Å²) in [5, 5.41) is 0. The summed E-state index contributed by atoms with van der Waals surface area (Å²) in [5.41, 5.74) is -2.27. The molecule has 5 atom stereocenters. The molecule has 17 heavy (non-hydrogen) atoms. The zero-order valence-corrected chi connectivity index (χ0v) is 8.87. The number of rotatable bonds is 2. The first-order valence-electron chi connectivity index (χ1n) is 5.46. The van der Waals surface area contributed by atoms with E-state index in [4.69, 9.17) is 9.47 Å². The van der Waals surface area contributed by atoms with E-state index in [2.05, 4.69) is 6.58 Å². The molecular formula is C11H11F3O3. The fourth-order valence-corrected chi connectivity index (χ4v) is 3.69. The fourth-order valence-electron chi connectivity index (χ4n) is 3.69. The van der Waals surface area contributed by atoms with Gasteiger partial charge in [0.2, 0.25) is 0 Å². The predicted molar refractivity (Wildman–Crippen MR) is 49.7 cm³/mol. The Bertz CT molecular complexity index is 392. The number of esters is 1. The Morgan fingerprint density at radius 1 is 1.53 bits per heavy atom. The Morgan fingerprint density at radius 3 is 2.82 bits per heavy atom. The lowest BCUT2D eigenvalue weighted by Crippen LogP contribution is -2.48. The van der Waals surface area contributed by atoms with Crippen LogP contribution in [-0.4, -0.2) is 24.4 Å². The van der Waals surface area contributed by atoms with Crippen molar-refractivity contribution in [3.63, 3.8) is 0 Å². The second kappa shape index (κ2) is 2.97. The highest BCUT2D eigenvalue weighted by atomic mass is 19.4. The minimum atomic E-state index is -4.53. The Labute approximate surface area is 95.6 Å². The van der Waals surface area contributed by atoms with E-state index in [1.807, 2.05) is 0 Å². The molecule has 94 valence electrons. The van der Waals surface area contributed by atoms with Crippen LogP contribution in [0.25, 0.3) is 0 Å². The minimum Gasteiger partial charge on any atom is -0.494 e. The van der Waals surface area contributed by atoms with Crippen molar-refractivity contribution in [1.29, 1.82) is 0 Å². The van der Waals surface area contributed by atoms with E-state index >= 15 is 0 Å². The quantitative estimate of drug-likeness (QED) is 0.554. The van der Waals surface area contributed by atoms with Crippen LogP contribution >= 0.6 is 0 Å². The number of carbonyl (C=O) groups is 1. The third-order valence-corrected chi connectivity index (χ3v) is 4.33. The Morgan fingerprint density at radius 2 is 2.24 bits per heavy atom. The van der Waals surface area contributed by atoms with Gasteiger partial charge in [-0.1, -0.05) is 6.58 Å². The zero-order chi connectivity index (χ0) is 12.4. The van der Waals surface area contributed by atoms with Crippen molar-refractivity contribution in [3.8, 4) is 0 Å². The first-order valence-corrected chi connectivity index (χ1v) is 5.46. The molecule has 3 aliphatic rings. The molecule has 0 radical (unpaired) electrons. The van der Waals surface area contributed by atoms with Crippen LogP contribution in [0.5, 0.6) is 0 Å². The van der Waals surface area contributed by atoms with E-state index < -0.39 is 35.7 Å². The van der Waals surface area contributed by atoms with Crippen LogP contribution in [-0.2, 0) is 14.3 Å². The van der Waals surface area contributed by atoms with Gasteiger partial charge in [-0.05, 0) is 12.8 Å². The summed E-state index contributed by atoms with van der Waals surface area (Å²) in [4.78, 5) is 11.6. The van der Waals surface area contributed by atoms with Gasteiger partial charge < -0.3 is 9.47 Å². The third kappa shape index (κ3) is 1.06. The summed E-state index contributed by atoms with van der Waals surface area (Å²) in [6.07, 6.45) is -4.42. The van der Waals surface area contributed by atoms with Crippen LogP contribution in [0.4, 0.5) is 13.2 Å². The van der Waals surface area contributed by atoms with Gasteiger partial charge in [-0.2, -0.15) is 13.2 Å². The van der Waals surface area contributed by atoms with Gasteiger partial charge in [-0.15, -0.1) is 0 Å². The lowest BCUT2D eigenvalue weighted by atomic mass is 9.73. The van der Waals surface area contributed by atoms with Crippen LogP contribution in [0, 0.1) is 17.3 Å². The van der Waals surface area contributed by atoms with Crippen LogP contribution in [0.15, 0.2) is 12.8 Å². The summed E-state index contributed by atoms with van der Waals surface area (Å²) in [6, 6.07) is 0. The van der Waals surface area contributed by atoms with Gasteiger partial charge in [0.25, 0.3) is 0 Å². The molecule has 1 unspecified atom stereocenters. The second-order valence-corrected chi connectivity index (χ2v) is 4.91. The van der Waals surface area contributed by atoms with Crippen molar-refractivity contribution in [3.05, 3.63) is 12.8 Å². The van der Waals surface area contributed by atoms with E-state index in [0.29, 0.717) is 6.42 Å². The highest BCUT2D eigenvalue weighted by Crippen LogP contribution is 2.67. The number of hydrogen-bond acceptors (Lipinski definition) is 3. The second-order valence-electron chi connectivity index (χ2n) is 4.91. The molecule has 3 fully saturated rings. The number of halogens is 3. The SMILES string of the molecule is C=COC1[C@H]2C[C@H]3[C@@H]1OC(=O)[C@@]3(C(F)(F)F)C2. The number of hydrogen-bond donors (Lipinski definition) is 0. The maximum Gasteiger partial charge on any atom is 0.405 e. The minimum absolute atomic E-state index is 0.213. The molecule has 0 amide bonds. The van der Waals surface area contributed by atoms with Crippen molar-refractivity contribution in [2.75, 3.05) is 0 Å². The molecular weight excluding hydrogens is 237 g/mol. The first kappa shape index (κ1) is 10.9. The number of fused-ring (bicyclic) bond motifs is 1. The lowest BCUT2D eigenvalue weighted by molar-refractivity contribution is -0.230. The number of carbonyl (C=O) groups excluding carboxylic acids is 1. The fraction of sp³-hybridized carbons (Fsp3) is 0.727.